The molecule has 0 bridgehead atoms. The Labute approximate surface area is 188 Å². The number of benzene rings is 2. The van der Waals surface area contributed by atoms with Crippen LogP contribution >= 0.6 is 6.72 Å². The summed E-state index contributed by atoms with van der Waals surface area (Å²) in [4.78, 5) is 0. The zero-order valence-corrected chi connectivity index (χ0v) is 20.0. The number of unbranched alkanes of at least 4 members (excludes halogenated alkanes) is 10. The van der Waals surface area contributed by atoms with E-state index in [-0.39, 0.29) is 0 Å². The highest BCUT2D eigenvalue weighted by Crippen LogP contribution is 2.50. The van der Waals surface area contributed by atoms with Crippen LogP contribution in [0.3, 0.4) is 0 Å². The summed E-state index contributed by atoms with van der Waals surface area (Å²) < 4.78 is 18.0. The molecular formula is C25H37O3PS. The topological polar surface area (TPSA) is 27.7 Å². The lowest BCUT2D eigenvalue weighted by molar-refractivity contribution is 0.255. The molecule has 0 aliphatic rings. The number of rotatable bonds is 17. The second-order valence-electron chi connectivity index (χ2n) is 7.62. The second-order valence-corrected chi connectivity index (χ2v) is 10.5. The summed E-state index contributed by atoms with van der Waals surface area (Å²) in [6, 6.07) is 19.1. The van der Waals surface area contributed by atoms with Crippen molar-refractivity contribution in [1.29, 1.82) is 0 Å². The Bertz CT molecular complexity index is 663. The lowest BCUT2D eigenvalue weighted by atomic mass is 10.1. The highest BCUT2D eigenvalue weighted by atomic mass is 32.5. The molecule has 0 saturated heterocycles. The first-order valence-corrected chi connectivity index (χ1v) is 14.0. The van der Waals surface area contributed by atoms with Crippen molar-refractivity contribution in [3.8, 4) is 11.5 Å². The molecule has 30 heavy (non-hydrogen) atoms. The average molecular weight is 449 g/mol. The van der Waals surface area contributed by atoms with E-state index in [0.29, 0.717) is 18.1 Å². The Morgan fingerprint density at radius 1 is 0.600 bits per heavy atom. The molecule has 0 aliphatic carbocycles. The zero-order chi connectivity index (χ0) is 21.3. The van der Waals surface area contributed by atoms with Crippen LogP contribution in [-0.2, 0) is 16.3 Å². The van der Waals surface area contributed by atoms with Crippen LogP contribution in [0.5, 0.6) is 11.5 Å². The van der Waals surface area contributed by atoms with Crippen molar-refractivity contribution in [2.45, 2.75) is 77.6 Å². The first kappa shape index (κ1) is 24.9. The molecule has 0 aliphatic heterocycles. The van der Waals surface area contributed by atoms with Crippen LogP contribution < -0.4 is 9.05 Å². The molecule has 3 nitrogen and oxygen atoms in total. The Balaban J connectivity index is 1.67. The van der Waals surface area contributed by atoms with Crippen molar-refractivity contribution in [3.63, 3.8) is 0 Å². The minimum absolute atomic E-state index is 0.563. The smallest absolute Gasteiger partial charge is 0.416 e. The van der Waals surface area contributed by atoms with Gasteiger partial charge in [0.2, 0.25) is 0 Å². The van der Waals surface area contributed by atoms with Crippen LogP contribution in [0.25, 0.3) is 0 Å². The van der Waals surface area contributed by atoms with Gasteiger partial charge in [-0.2, -0.15) is 0 Å². The van der Waals surface area contributed by atoms with Crippen LogP contribution in [0.15, 0.2) is 60.7 Å². The number of hydrogen-bond donors (Lipinski definition) is 0. The van der Waals surface area contributed by atoms with E-state index in [0.717, 1.165) is 12.8 Å². The molecule has 2 aromatic rings. The summed E-state index contributed by atoms with van der Waals surface area (Å²) in [6.07, 6.45) is 14.3. The van der Waals surface area contributed by atoms with Crippen molar-refractivity contribution in [2.24, 2.45) is 0 Å². The van der Waals surface area contributed by atoms with Gasteiger partial charge < -0.3 is 9.05 Å². The molecule has 2 rings (SSSR count). The standard InChI is InChI=1S/C25H37O3PS/c1-2-3-4-5-6-7-8-9-10-11-18-23-26-29(30,27-24-19-14-12-15-20-24)28-25-21-16-13-17-22-25/h12-17,19-22H,2-11,18,23H2,1H3. The highest BCUT2D eigenvalue weighted by Gasteiger charge is 2.24. The predicted molar refractivity (Wildman–Crippen MR) is 131 cm³/mol. The maximum atomic E-state index is 6.00. The molecule has 0 spiro atoms. The first-order chi connectivity index (χ1) is 14.7. The van der Waals surface area contributed by atoms with Crippen molar-refractivity contribution in [2.75, 3.05) is 6.61 Å². The second kappa shape index (κ2) is 15.5. The summed E-state index contributed by atoms with van der Waals surface area (Å²) in [7, 11) is 0. The van der Waals surface area contributed by atoms with Gasteiger partial charge in [-0.15, -0.1) is 0 Å². The molecule has 0 aromatic heterocycles. The number of hydrogen-bond acceptors (Lipinski definition) is 4. The third-order valence-electron chi connectivity index (χ3n) is 4.92. The van der Waals surface area contributed by atoms with Gasteiger partial charge in [-0.25, -0.2) is 0 Å². The van der Waals surface area contributed by atoms with Gasteiger partial charge in [0.05, 0.1) is 6.61 Å². The molecule has 166 valence electrons. The molecule has 0 unspecified atom stereocenters. The molecule has 0 heterocycles. The van der Waals surface area contributed by atoms with E-state index in [1.54, 1.807) is 0 Å². The molecule has 0 amide bonds. The fourth-order valence-electron chi connectivity index (χ4n) is 3.23. The van der Waals surface area contributed by atoms with Gasteiger partial charge in [0.15, 0.2) is 0 Å². The van der Waals surface area contributed by atoms with Crippen LogP contribution in [0.4, 0.5) is 0 Å². The van der Waals surface area contributed by atoms with E-state index in [4.69, 9.17) is 25.4 Å². The minimum atomic E-state index is -2.91. The van der Waals surface area contributed by atoms with Crippen molar-refractivity contribution in [1.82, 2.24) is 0 Å². The SMILES string of the molecule is CCCCCCCCCCCCCOP(=S)(Oc1ccccc1)Oc1ccccc1. The summed E-state index contributed by atoms with van der Waals surface area (Å²) >= 11 is 5.69. The number of para-hydroxylation sites is 2. The molecule has 2 aromatic carbocycles. The Morgan fingerprint density at radius 3 is 1.43 bits per heavy atom. The summed E-state index contributed by atoms with van der Waals surface area (Å²) in [5.74, 6) is 1.35. The average Bonchev–Trinajstić information content (AvgIpc) is 2.76. The zero-order valence-electron chi connectivity index (χ0n) is 18.3. The normalized spacial score (nSPS) is 11.4. The van der Waals surface area contributed by atoms with Crippen molar-refractivity contribution in [3.05, 3.63) is 60.7 Å². The van der Waals surface area contributed by atoms with Crippen LogP contribution in [0, 0.1) is 0 Å². The maximum Gasteiger partial charge on any atom is 0.434 e. The van der Waals surface area contributed by atoms with E-state index >= 15 is 0 Å². The third kappa shape index (κ3) is 11.2. The largest absolute Gasteiger partial charge is 0.434 e. The van der Waals surface area contributed by atoms with Gasteiger partial charge in [-0.05, 0) is 30.7 Å². The van der Waals surface area contributed by atoms with E-state index in [9.17, 15) is 0 Å². The van der Waals surface area contributed by atoms with Crippen LogP contribution in [-0.4, -0.2) is 6.61 Å². The summed E-state index contributed by atoms with van der Waals surface area (Å²) in [6.45, 7) is -0.0791. The van der Waals surface area contributed by atoms with Gasteiger partial charge in [0, 0.05) is 11.8 Å². The van der Waals surface area contributed by atoms with Gasteiger partial charge in [-0.3, -0.25) is 4.52 Å². The lowest BCUT2D eigenvalue weighted by Crippen LogP contribution is -2.06. The van der Waals surface area contributed by atoms with Crippen molar-refractivity contribution >= 4 is 18.5 Å². The van der Waals surface area contributed by atoms with E-state index in [2.05, 4.69) is 6.92 Å². The summed E-state index contributed by atoms with van der Waals surface area (Å²) in [5.41, 5.74) is 0. The molecule has 0 fully saturated rings. The van der Waals surface area contributed by atoms with Gasteiger partial charge in [0.1, 0.15) is 11.5 Å². The predicted octanol–water partition coefficient (Wildman–Crippen LogP) is 8.70. The lowest BCUT2D eigenvalue weighted by Gasteiger charge is -2.22. The Hall–Kier alpha value is -1.35. The summed E-state index contributed by atoms with van der Waals surface area (Å²) in [5, 5.41) is 0. The Kier molecular flexibility index (Phi) is 12.8. The Morgan fingerprint density at radius 2 is 1.00 bits per heavy atom. The first-order valence-electron chi connectivity index (χ1n) is 11.5. The fraction of sp³-hybridized carbons (Fsp3) is 0.520. The molecular weight excluding hydrogens is 411 g/mol. The van der Waals surface area contributed by atoms with E-state index < -0.39 is 6.72 Å². The fourth-order valence-corrected chi connectivity index (χ4v) is 5.23. The highest BCUT2D eigenvalue weighted by molar-refractivity contribution is 8.07. The molecule has 0 atom stereocenters. The van der Waals surface area contributed by atoms with E-state index in [1.165, 1.54) is 57.8 Å². The quantitative estimate of drug-likeness (QED) is 0.179. The molecule has 0 radical (unpaired) electrons. The van der Waals surface area contributed by atoms with Gasteiger partial charge in [0.25, 0.3) is 0 Å². The maximum absolute atomic E-state index is 6.00. The third-order valence-corrected chi connectivity index (χ3v) is 7.05. The van der Waals surface area contributed by atoms with Crippen LogP contribution in [0.2, 0.25) is 0 Å². The van der Waals surface area contributed by atoms with E-state index in [1.807, 2.05) is 60.7 Å². The van der Waals surface area contributed by atoms with Gasteiger partial charge in [-0.1, -0.05) is 108 Å². The molecule has 5 heteroatoms. The minimum Gasteiger partial charge on any atom is -0.416 e. The monoisotopic (exact) mass is 448 g/mol. The molecule has 0 saturated carbocycles. The van der Waals surface area contributed by atoms with Crippen molar-refractivity contribution < 1.29 is 13.6 Å². The van der Waals surface area contributed by atoms with Gasteiger partial charge >= 0.3 is 6.72 Å². The van der Waals surface area contributed by atoms with Crippen LogP contribution in [0.1, 0.15) is 77.6 Å². The molecule has 0 N–H and O–H groups in total.